The first-order valence-corrected chi connectivity index (χ1v) is 3.88. The summed E-state index contributed by atoms with van der Waals surface area (Å²) in [6.45, 7) is 3.23. The van der Waals surface area contributed by atoms with Gasteiger partial charge in [-0.1, -0.05) is 13.8 Å². The van der Waals surface area contributed by atoms with Crippen LogP contribution in [0.1, 0.15) is 26.7 Å². The first kappa shape index (κ1) is 10.7. The standard InChI is InChI=1S/C6H12ClNO3/c1-3-5(9)6(7,4-2)8(10)11/h5,9H,3-4H2,1-2H3. The van der Waals surface area contributed by atoms with Crippen molar-refractivity contribution >= 4 is 11.6 Å². The molecule has 1 N–H and O–H groups in total. The Kier molecular flexibility index (Phi) is 3.75. The van der Waals surface area contributed by atoms with E-state index in [1.807, 2.05) is 0 Å². The fourth-order valence-corrected chi connectivity index (χ4v) is 0.953. The molecule has 2 atom stereocenters. The monoisotopic (exact) mass is 181 g/mol. The number of hydrogen-bond acceptors (Lipinski definition) is 3. The van der Waals surface area contributed by atoms with E-state index in [4.69, 9.17) is 11.6 Å². The molecule has 0 aliphatic rings. The second-order valence-electron chi connectivity index (χ2n) is 2.35. The van der Waals surface area contributed by atoms with Gasteiger partial charge in [0.1, 0.15) is 6.10 Å². The number of rotatable bonds is 4. The maximum atomic E-state index is 10.4. The van der Waals surface area contributed by atoms with Crippen LogP contribution in [0.2, 0.25) is 0 Å². The first-order valence-electron chi connectivity index (χ1n) is 3.50. The minimum absolute atomic E-state index is 0.122. The summed E-state index contributed by atoms with van der Waals surface area (Å²) in [5.74, 6) is 0. The molecular weight excluding hydrogens is 170 g/mol. The highest BCUT2D eigenvalue weighted by Crippen LogP contribution is 2.26. The maximum absolute atomic E-state index is 10.4. The van der Waals surface area contributed by atoms with Crippen molar-refractivity contribution in [1.82, 2.24) is 0 Å². The zero-order valence-electron chi connectivity index (χ0n) is 6.58. The molecule has 0 radical (unpaired) electrons. The lowest BCUT2D eigenvalue weighted by Gasteiger charge is -2.20. The van der Waals surface area contributed by atoms with Gasteiger partial charge < -0.3 is 5.11 Å². The molecule has 0 fully saturated rings. The summed E-state index contributed by atoms with van der Waals surface area (Å²) in [6.07, 6.45) is -0.668. The molecule has 0 aromatic rings. The number of aliphatic hydroxyl groups is 1. The van der Waals surface area contributed by atoms with Crippen LogP contribution >= 0.6 is 11.6 Å². The van der Waals surface area contributed by atoms with E-state index in [0.29, 0.717) is 6.42 Å². The fraction of sp³-hybridized carbons (Fsp3) is 1.00. The van der Waals surface area contributed by atoms with Gasteiger partial charge in [-0.05, 0) is 18.0 Å². The lowest BCUT2D eigenvalue weighted by atomic mass is 10.1. The van der Waals surface area contributed by atoms with Gasteiger partial charge in [-0.25, -0.2) is 0 Å². The van der Waals surface area contributed by atoms with Crippen LogP contribution in [-0.2, 0) is 0 Å². The molecule has 5 heteroatoms. The smallest absolute Gasteiger partial charge is 0.320 e. The summed E-state index contributed by atoms with van der Waals surface area (Å²) >= 11 is 5.56. The Morgan fingerprint density at radius 2 is 2.18 bits per heavy atom. The Labute approximate surface area is 70.3 Å². The third-order valence-electron chi connectivity index (χ3n) is 1.70. The number of alkyl halides is 1. The number of hydrogen-bond donors (Lipinski definition) is 1. The van der Waals surface area contributed by atoms with Gasteiger partial charge in [0.25, 0.3) is 0 Å². The van der Waals surface area contributed by atoms with Gasteiger partial charge in [0, 0.05) is 11.3 Å². The van der Waals surface area contributed by atoms with Gasteiger partial charge in [-0.2, -0.15) is 0 Å². The lowest BCUT2D eigenvalue weighted by molar-refractivity contribution is -0.555. The SMILES string of the molecule is CCC(O)C(Cl)(CC)[N+](=O)[O-]. The molecule has 0 heterocycles. The van der Waals surface area contributed by atoms with Crippen molar-refractivity contribution in [2.24, 2.45) is 0 Å². The van der Waals surface area contributed by atoms with Crippen LogP contribution in [0, 0.1) is 10.1 Å². The predicted molar refractivity (Wildman–Crippen MR) is 42.2 cm³/mol. The zero-order valence-corrected chi connectivity index (χ0v) is 7.34. The van der Waals surface area contributed by atoms with E-state index in [0.717, 1.165) is 0 Å². The Balaban J connectivity index is 4.45. The Hall–Kier alpha value is -0.350. The zero-order chi connectivity index (χ0) is 9.07. The maximum Gasteiger partial charge on any atom is 0.320 e. The van der Waals surface area contributed by atoms with Gasteiger partial charge >= 0.3 is 5.00 Å². The van der Waals surface area contributed by atoms with Crippen LogP contribution in [0.5, 0.6) is 0 Å². The average Bonchev–Trinajstić information content (AvgIpc) is 2.01. The van der Waals surface area contributed by atoms with Crippen LogP contribution in [0.4, 0.5) is 0 Å². The molecule has 0 aromatic heterocycles. The average molecular weight is 182 g/mol. The highest BCUT2D eigenvalue weighted by molar-refractivity contribution is 6.23. The molecule has 0 rings (SSSR count). The summed E-state index contributed by atoms with van der Waals surface area (Å²) in [4.78, 5) is 8.03. The van der Waals surface area contributed by atoms with Crippen molar-refractivity contribution in [3.8, 4) is 0 Å². The molecule has 0 spiro atoms. The summed E-state index contributed by atoms with van der Waals surface area (Å²) in [5, 5.41) is 19.5. The van der Waals surface area contributed by atoms with Gasteiger partial charge in [-0.15, -0.1) is 0 Å². The van der Waals surface area contributed by atoms with E-state index < -0.39 is 16.0 Å². The second kappa shape index (κ2) is 3.88. The molecule has 0 amide bonds. The minimum Gasteiger partial charge on any atom is -0.384 e. The van der Waals surface area contributed by atoms with E-state index in [1.165, 1.54) is 0 Å². The molecule has 66 valence electrons. The Morgan fingerprint density at radius 3 is 2.27 bits per heavy atom. The molecule has 4 nitrogen and oxygen atoms in total. The summed E-state index contributed by atoms with van der Waals surface area (Å²) in [7, 11) is 0. The van der Waals surface area contributed by atoms with Gasteiger partial charge in [0.05, 0.1) is 0 Å². The van der Waals surface area contributed by atoms with Gasteiger partial charge in [-0.3, -0.25) is 10.1 Å². The fourth-order valence-electron chi connectivity index (χ4n) is 0.799. The van der Waals surface area contributed by atoms with Crippen molar-refractivity contribution in [1.29, 1.82) is 0 Å². The van der Waals surface area contributed by atoms with Gasteiger partial charge in [0.15, 0.2) is 0 Å². The first-order chi connectivity index (χ1) is 4.99. The van der Waals surface area contributed by atoms with E-state index in [-0.39, 0.29) is 6.42 Å². The highest BCUT2D eigenvalue weighted by atomic mass is 35.5. The molecule has 0 aliphatic carbocycles. The molecule has 0 aliphatic heterocycles. The Morgan fingerprint density at radius 1 is 1.73 bits per heavy atom. The quantitative estimate of drug-likeness (QED) is 0.309. The number of nitro groups is 1. The highest BCUT2D eigenvalue weighted by Gasteiger charge is 2.45. The van der Waals surface area contributed by atoms with E-state index in [2.05, 4.69) is 0 Å². The van der Waals surface area contributed by atoms with Crippen LogP contribution < -0.4 is 0 Å². The van der Waals surface area contributed by atoms with Crippen molar-refractivity contribution < 1.29 is 10.0 Å². The third-order valence-corrected chi connectivity index (χ3v) is 2.35. The van der Waals surface area contributed by atoms with Crippen molar-refractivity contribution in [2.75, 3.05) is 0 Å². The molecular formula is C6H12ClNO3. The molecule has 2 unspecified atom stereocenters. The van der Waals surface area contributed by atoms with Crippen LogP contribution in [0.15, 0.2) is 0 Å². The molecule has 0 saturated heterocycles. The van der Waals surface area contributed by atoms with Crippen molar-refractivity contribution in [2.45, 2.75) is 37.8 Å². The summed E-state index contributed by atoms with van der Waals surface area (Å²) < 4.78 is 0. The molecule has 0 aromatic carbocycles. The van der Waals surface area contributed by atoms with E-state index >= 15 is 0 Å². The lowest BCUT2D eigenvalue weighted by Crippen LogP contribution is -2.43. The Bertz CT molecular complexity index is 153. The number of nitrogens with zero attached hydrogens (tertiary/aromatic N) is 1. The van der Waals surface area contributed by atoms with Crippen LogP contribution in [-0.4, -0.2) is 21.1 Å². The third kappa shape index (κ3) is 2.04. The number of halogens is 1. The minimum atomic E-state index is -1.70. The van der Waals surface area contributed by atoms with Crippen LogP contribution in [0.25, 0.3) is 0 Å². The number of aliphatic hydroxyl groups excluding tert-OH is 1. The summed E-state index contributed by atoms with van der Waals surface area (Å²) in [6, 6.07) is 0. The van der Waals surface area contributed by atoms with Crippen molar-refractivity contribution in [3.05, 3.63) is 10.1 Å². The predicted octanol–water partition coefficient (Wildman–Crippen LogP) is 1.38. The molecule has 0 bridgehead atoms. The normalized spacial score (nSPS) is 18.9. The van der Waals surface area contributed by atoms with E-state index in [9.17, 15) is 15.2 Å². The molecule has 11 heavy (non-hydrogen) atoms. The van der Waals surface area contributed by atoms with Gasteiger partial charge in [0.2, 0.25) is 0 Å². The second-order valence-corrected chi connectivity index (χ2v) is 3.01. The topological polar surface area (TPSA) is 63.4 Å². The molecule has 0 saturated carbocycles. The largest absolute Gasteiger partial charge is 0.384 e. The van der Waals surface area contributed by atoms with Crippen LogP contribution in [0.3, 0.4) is 0 Å². The van der Waals surface area contributed by atoms with E-state index in [1.54, 1.807) is 13.8 Å². The van der Waals surface area contributed by atoms with Crippen molar-refractivity contribution in [3.63, 3.8) is 0 Å². The summed E-state index contributed by atoms with van der Waals surface area (Å²) in [5.41, 5.74) is 0.